The smallest absolute Gasteiger partial charge is 0.246 e. The lowest BCUT2D eigenvalue weighted by Gasteiger charge is -2.17. The van der Waals surface area contributed by atoms with Crippen LogP contribution in [0, 0.1) is 6.92 Å². The van der Waals surface area contributed by atoms with Crippen LogP contribution in [0.3, 0.4) is 0 Å². The first kappa shape index (κ1) is 16.4. The van der Waals surface area contributed by atoms with Gasteiger partial charge in [0, 0.05) is 13.8 Å². The molecule has 0 radical (unpaired) electrons. The van der Waals surface area contributed by atoms with Crippen LogP contribution in [0.25, 0.3) is 0 Å². The number of hydrogen-bond donors (Lipinski definition) is 1. The lowest BCUT2D eigenvalue weighted by atomic mass is 9.94. The Morgan fingerprint density at radius 2 is 1.88 bits per heavy atom. The van der Waals surface area contributed by atoms with Gasteiger partial charge in [-0.3, -0.25) is 4.79 Å². The van der Waals surface area contributed by atoms with E-state index in [-0.39, 0.29) is 5.91 Å². The summed E-state index contributed by atoms with van der Waals surface area (Å²) in [6.45, 7) is 5.69. The molecule has 1 amide bonds. The van der Waals surface area contributed by atoms with Gasteiger partial charge in [0.1, 0.15) is 10.4 Å². The monoisotopic (exact) mass is 402 g/mol. The number of carbonyl (C=O) groups excluding carboxylic acids is 1. The molecule has 1 aliphatic carbocycles. The molecule has 2 aromatic rings. The van der Waals surface area contributed by atoms with Crippen LogP contribution in [0.5, 0.6) is 11.5 Å². The third kappa shape index (κ3) is 2.88. The highest BCUT2D eigenvalue weighted by Crippen LogP contribution is 2.52. The fraction of sp³-hybridized carbons (Fsp3) is 0.368. The molecule has 0 atom stereocenters. The summed E-state index contributed by atoms with van der Waals surface area (Å²) in [5.74, 6) is 1.26. The number of anilines is 1. The number of amides is 1. The van der Waals surface area contributed by atoms with Crippen LogP contribution in [-0.2, 0) is 10.2 Å². The minimum Gasteiger partial charge on any atom is -0.449 e. The van der Waals surface area contributed by atoms with Crippen molar-refractivity contribution in [3.8, 4) is 11.5 Å². The first-order chi connectivity index (χ1) is 11.8. The van der Waals surface area contributed by atoms with Crippen molar-refractivity contribution in [2.24, 2.45) is 0 Å². The van der Waals surface area contributed by atoms with Crippen LogP contribution >= 0.6 is 15.9 Å². The van der Waals surface area contributed by atoms with E-state index >= 15 is 0 Å². The van der Waals surface area contributed by atoms with Gasteiger partial charge < -0.3 is 14.8 Å². The summed E-state index contributed by atoms with van der Waals surface area (Å²) in [6.07, 6.45) is 1.63. The zero-order valence-corrected chi connectivity index (χ0v) is 15.9. The third-order valence-electron chi connectivity index (χ3n) is 4.67. The molecule has 1 saturated carbocycles. The second-order valence-electron chi connectivity index (χ2n) is 7.11. The second kappa shape index (κ2) is 5.46. The van der Waals surface area contributed by atoms with E-state index in [0.29, 0.717) is 17.3 Å². The van der Waals surface area contributed by atoms with Gasteiger partial charge in [-0.1, -0.05) is 12.1 Å². The second-order valence-corrected chi connectivity index (χ2v) is 7.86. The minimum absolute atomic E-state index is 0.0334. The number of nitrogens with zero attached hydrogens (tertiary/aromatic N) is 1. The van der Waals surface area contributed by atoms with Crippen LogP contribution in [0.4, 0.5) is 5.82 Å². The standard InChI is InChI=1S/C19H19BrN2O3/c1-11-4-7-15(21-16(11)20)22-17(23)19(8-9-19)12-5-6-13-14(10-12)25-18(2,3)24-13/h4-7,10H,8-9H2,1-3H3,(H,21,22,23). The zero-order chi connectivity index (χ0) is 17.8. The molecule has 25 heavy (non-hydrogen) atoms. The molecule has 5 nitrogen and oxygen atoms in total. The molecule has 0 spiro atoms. The lowest BCUT2D eigenvalue weighted by Crippen LogP contribution is -2.29. The average molecular weight is 403 g/mol. The quantitative estimate of drug-likeness (QED) is 0.776. The van der Waals surface area contributed by atoms with E-state index in [9.17, 15) is 4.79 Å². The largest absolute Gasteiger partial charge is 0.449 e. The maximum Gasteiger partial charge on any atom is 0.246 e. The van der Waals surface area contributed by atoms with E-state index in [0.717, 1.165) is 28.6 Å². The molecule has 1 fully saturated rings. The maximum absolute atomic E-state index is 12.9. The number of aromatic nitrogens is 1. The highest BCUT2D eigenvalue weighted by molar-refractivity contribution is 9.10. The molecule has 0 bridgehead atoms. The molecule has 130 valence electrons. The summed E-state index contributed by atoms with van der Waals surface area (Å²) in [5, 5.41) is 2.94. The van der Waals surface area contributed by atoms with Crippen LogP contribution in [0.2, 0.25) is 0 Å². The molecular weight excluding hydrogens is 384 g/mol. The summed E-state index contributed by atoms with van der Waals surface area (Å²) in [5.41, 5.74) is 1.47. The normalized spacial score (nSPS) is 18.7. The summed E-state index contributed by atoms with van der Waals surface area (Å²) >= 11 is 3.40. The number of hydrogen-bond acceptors (Lipinski definition) is 4. The van der Waals surface area contributed by atoms with Gasteiger partial charge in [-0.05, 0) is 65.0 Å². The first-order valence-corrected chi connectivity index (χ1v) is 9.06. The number of rotatable bonds is 3. The SMILES string of the molecule is Cc1ccc(NC(=O)C2(c3ccc4c(c3)OC(C)(C)O4)CC2)nc1Br. The maximum atomic E-state index is 12.9. The number of halogens is 1. The molecule has 1 N–H and O–H groups in total. The summed E-state index contributed by atoms with van der Waals surface area (Å²) < 4.78 is 12.3. The van der Waals surface area contributed by atoms with Crippen molar-refractivity contribution in [3.63, 3.8) is 0 Å². The van der Waals surface area contributed by atoms with Gasteiger partial charge in [-0.2, -0.15) is 0 Å². The number of aryl methyl sites for hydroxylation is 1. The predicted octanol–water partition coefficient (Wildman–Crippen LogP) is 4.33. The van der Waals surface area contributed by atoms with E-state index in [2.05, 4.69) is 26.2 Å². The van der Waals surface area contributed by atoms with Gasteiger partial charge in [-0.15, -0.1) is 0 Å². The summed E-state index contributed by atoms with van der Waals surface area (Å²) in [6, 6.07) is 9.50. The Labute approximate surface area is 154 Å². The van der Waals surface area contributed by atoms with Crippen molar-refractivity contribution in [1.29, 1.82) is 0 Å². The van der Waals surface area contributed by atoms with E-state index in [4.69, 9.17) is 9.47 Å². The summed E-state index contributed by atoms with van der Waals surface area (Å²) in [4.78, 5) is 17.2. The van der Waals surface area contributed by atoms with E-state index < -0.39 is 11.2 Å². The molecule has 2 heterocycles. The Balaban J connectivity index is 1.58. The number of benzene rings is 1. The van der Waals surface area contributed by atoms with E-state index in [1.165, 1.54) is 0 Å². The van der Waals surface area contributed by atoms with E-state index in [1.807, 2.05) is 51.1 Å². The highest BCUT2D eigenvalue weighted by atomic mass is 79.9. The van der Waals surface area contributed by atoms with Crippen molar-refractivity contribution in [2.45, 2.75) is 44.8 Å². The van der Waals surface area contributed by atoms with Crippen LogP contribution < -0.4 is 14.8 Å². The van der Waals surface area contributed by atoms with Crippen LogP contribution in [0.1, 0.15) is 37.8 Å². The average Bonchev–Trinajstić information content (AvgIpc) is 3.28. The molecular formula is C19H19BrN2O3. The number of pyridine rings is 1. The fourth-order valence-corrected chi connectivity index (χ4v) is 3.42. The Hall–Kier alpha value is -2.08. The van der Waals surface area contributed by atoms with Gasteiger partial charge in [0.25, 0.3) is 0 Å². The van der Waals surface area contributed by atoms with Crippen molar-refractivity contribution in [2.75, 3.05) is 5.32 Å². The van der Waals surface area contributed by atoms with Gasteiger partial charge in [-0.25, -0.2) is 4.98 Å². The van der Waals surface area contributed by atoms with Crippen molar-refractivity contribution in [3.05, 3.63) is 46.1 Å². The summed E-state index contributed by atoms with van der Waals surface area (Å²) in [7, 11) is 0. The van der Waals surface area contributed by atoms with Crippen LogP contribution in [0.15, 0.2) is 34.9 Å². The molecule has 0 saturated heterocycles. The number of fused-ring (bicyclic) bond motifs is 1. The molecule has 1 aromatic heterocycles. The number of ether oxygens (including phenoxy) is 2. The lowest BCUT2D eigenvalue weighted by molar-refractivity contribution is -0.118. The minimum atomic E-state index is -0.669. The van der Waals surface area contributed by atoms with E-state index in [1.54, 1.807) is 0 Å². The Morgan fingerprint density at radius 1 is 1.16 bits per heavy atom. The third-order valence-corrected chi connectivity index (χ3v) is 5.47. The molecule has 1 aromatic carbocycles. The van der Waals surface area contributed by atoms with Crippen molar-refractivity contribution in [1.82, 2.24) is 4.98 Å². The molecule has 6 heteroatoms. The van der Waals surface area contributed by atoms with Gasteiger partial charge in [0.15, 0.2) is 11.5 Å². The van der Waals surface area contributed by atoms with Gasteiger partial charge in [0.2, 0.25) is 11.7 Å². The number of nitrogens with one attached hydrogen (secondary N) is 1. The zero-order valence-electron chi connectivity index (χ0n) is 14.4. The molecule has 0 unspecified atom stereocenters. The van der Waals surface area contributed by atoms with Crippen LogP contribution in [-0.4, -0.2) is 16.7 Å². The van der Waals surface area contributed by atoms with Crippen molar-refractivity contribution >= 4 is 27.7 Å². The van der Waals surface area contributed by atoms with Gasteiger partial charge in [0.05, 0.1) is 5.41 Å². The van der Waals surface area contributed by atoms with Crippen molar-refractivity contribution < 1.29 is 14.3 Å². The number of carbonyl (C=O) groups is 1. The Bertz CT molecular complexity index is 875. The first-order valence-electron chi connectivity index (χ1n) is 8.26. The molecule has 1 aliphatic heterocycles. The Morgan fingerprint density at radius 3 is 2.56 bits per heavy atom. The molecule has 4 rings (SSSR count). The molecule has 2 aliphatic rings. The topological polar surface area (TPSA) is 60.5 Å². The predicted molar refractivity (Wildman–Crippen MR) is 98.0 cm³/mol. The van der Waals surface area contributed by atoms with Gasteiger partial charge >= 0.3 is 0 Å². The Kier molecular flexibility index (Phi) is 3.58. The highest BCUT2D eigenvalue weighted by Gasteiger charge is 2.52. The fourth-order valence-electron chi connectivity index (χ4n) is 3.10.